The molecule has 0 radical (unpaired) electrons. The second-order valence-electron chi connectivity index (χ2n) is 6.54. The first-order valence-corrected chi connectivity index (χ1v) is 9.20. The molecule has 1 aromatic heterocycles. The highest BCUT2D eigenvalue weighted by Crippen LogP contribution is 2.32. The van der Waals surface area contributed by atoms with E-state index in [1.807, 2.05) is 24.0 Å². The van der Waals surface area contributed by atoms with Crippen molar-refractivity contribution >= 4 is 27.3 Å². The van der Waals surface area contributed by atoms with Crippen LogP contribution in [0.4, 0.5) is 0 Å². The highest BCUT2D eigenvalue weighted by atomic mass is 32.1. The van der Waals surface area contributed by atoms with Crippen LogP contribution in [0.2, 0.25) is 0 Å². The van der Waals surface area contributed by atoms with Gasteiger partial charge >= 0.3 is 0 Å². The Labute approximate surface area is 145 Å². The summed E-state index contributed by atoms with van der Waals surface area (Å²) in [5, 5.41) is 4.53. The third-order valence-corrected chi connectivity index (χ3v) is 6.07. The van der Waals surface area contributed by atoms with E-state index in [0.717, 1.165) is 23.5 Å². The van der Waals surface area contributed by atoms with Gasteiger partial charge in [0.25, 0.3) is 5.91 Å². The standard InChI is InChI=1S/C18H22N2O3S/c1-13-14-4-2-3-5-15(14)24-16(13)17(21)20-7-9-23-18(11-20)10-19-6-8-22-12-18/h2-5,19H,6-12H2,1H3. The van der Waals surface area contributed by atoms with Crippen molar-refractivity contribution in [1.82, 2.24) is 10.2 Å². The third kappa shape index (κ3) is 2.84. The minimum atomic E-state index is -0.422. The molecule has 1 amide bonds. The molecular formula is C18H22N2O3S. The third-order valence-electron chi connectivity index (χ3n) is 4.81. The van der Waals surface area contributed by atoms with Crippen LogP contribution in [0.1, 0.15) is 15.2 Å². The molecule has 0 bridgehead atoms. The lowest BCUT2D eigenvalue weighted by atomic mass is 10.0. The summed E-state index contributed by atoms with van der Waals surface area (Å²) in [7, 11) is 0. The lowest BCUT2D eigenvalue weighted by Crippen LogP contribution is -2.59. The van der Waals surface area contributed by atoms with Gasteiger partial charge in [-0.25, -0.2) is 0 Å². The number of benzene rings is 1. The molecule has 1 aromatic carbocycles. The number of morpholine rings is 1. The largest absolute Gasteiger partial charge is 0.377 e. The van der Waals surface area contributed by atoms with Crippen LogP contribution in [-0.4, -0.2) is 62.4 Å². The van der Waals surface area contributed by atoms with Crippen molar-refractivity contribution in [3.05, 3.63) is 34.7 Å². The zero-order valence-electron chi connectivity index (χ0n) is 13.8. The monoisotopic (exact) mass is 346 g/mol. The summed E-state index contributed by atoms with van der Waals surface area (Å²) < 4.78 is 12.9. The van der Waals surface area contributed by atoms with Crippen LogP contribution >= 0.6 is 11.3 Å². The highest BCUT2D eigenvalue weighted by molar-refractivity contribution is 7.21. The highest BCUT2D eigenvalue weighted by Gasteiger charge is 2.40. The fourth-order valence-corrected chi connectivity index (χ4v) is 4.68. The lowest BCUT2D eigenvalue weighted by Gasteiger charge is -2.41. The van der Waals surface area contributed by atoms with Gasteiger partial charge in [-0.3, -0.25) is 4.79 Å². The van der Waals surface area contributed by atoms with E-state index in [-0.39, 0.29) is 5.91 Å². The molecule has 0 aliphatic carbocycles. The van der Waals surface area contributed by atoms with Crippen molar-refractivity contribution in [3.8, 4) is 0 Å². The average Bonchev–Trinajstić information content (AvgIpc) is 2.78. The summed E-state index contributed by atoms with van der Waals surface area (Å²) in [5.41, 5.74) is 0.658. The molecule has 2 aromatic rings. The molecule has 3 heterocycles. The molecule has 2 aliphatic heterocycles. The number of fused-ring (bicyclic) bond motifs is 1. The van der Waals surface area contributed by atoms with E-state index in [1.165, 1.54) is 10.1 Å². The average molecular weight is 346 g/mol. The van der Waals surface area contributed by atoms with E-state index in [2.05, 4.69) is 17.4 Å². The minimum Gasteiger partial charge on any atom is -0.377 e. The first-order chi connectivity index (χ1) is 11.7. The maximum atomic E-state index is 13.1. The van der Waals surface area contributed by atoms with Crippen LogP contribution in [0.25, 0.3) is 10.1 Å². The van der Waals surface area contributed by atoms with Gasteiger partial charge in [-0.1, -0.05) is 18.2 Å². The SMILES string of the molecule is Cc1c(C(=O)N2CCOC3(CNCCOC3)C2)sc2ccccc12. The molecule has 0 saturated carbocycles. The fraction of sp³-hybridized carbons (Fsp3) is 0.500. The zero-order valence-corrected chi connectivity index (χ0v) is 14.7. The Hall–Kier alpha value is -1.47. The van der Waals surface area contributed by atoms with Crippen molar-refractivity contribution in [2.24, 2.45) is 0 Å². The Morgan fingerprint density at radius 2 is 2.21 bits per heavy atom. The number of thiophene rings is 1. The first-order valence-electron chi connectivity index (χ1n) is 8.38. The van der Waals surface area contributed by atoms with Crippen molar-refractivity contribution in [3.63, 3.8) is 0 Å². The van der Waals surface area contributed by atoms with E-state index in [4.69, 9.17) is 9.47 Å². The Morgan fingerprint density at radius 3 is 3.08 bits per heavy atom. The molecule has 1 atom stereocenters. The number of amides is 1. The molecule has 2 saturated heterocycles. The van der Waals surface area contributed by atoms with E-state index in [9.17, 15) is 4.79 Å². The molecule has 1 spiro atoms. The number of nitrogens with one attached hydrogen (secondary N) is 1. The van der Waals surface area contributed by atoms with Gasteiger partial charge in [0.1, 0.15) is 5.60 Å². The van der Waals surface area contributed by atoms with E-state index in [1.54, 1.807) is 11.3 Å². The molecule has 5 nitrogen and oxygen atoms in total. The number of hydrogen-bond donors (Lipinski definition) is 1. The van der Waals surface area contributed by atoms with Gasteiger partial charge in [-0.05, 0) is 23.9 Å². The summed E-state index contributed by atoms with van der Waals surface area (Å²) in [6.45, 7) is 6.58. The Kier molecular flexibility index (Phi) is 4.30. The van der Waals surface area contributed by atoms with Crippen LogP contribution in [-0.2, 0) is 9.47 Å². The first kappa shape index (κ1) is 16.0. The molecule has 2 aliphatic rings. The number of aryl methyl sites for hydroxylation is 1. The normalized spacial score (nSPS) is 25.1. The molecular weight excluding hydrogens is 324 g/mol. The van der Waals surface area contributed by atoms with Gasteiger partial charge in [0.2, 0.25) is 0 Å². The van der Waals surface area contributed by atoms with Gasteiger partial charge in [-0.2, -0.15) is 0 Å². The molecule has 1 N–H and O–H groups in total. The van der Waals surface area contributed by atoms with Crippen LogP contribution in [0.3, 0.4) is 0 Å². The van der Waals surface area contributed by atoms with E-state index in [0.29, 0.717) is 32.9 Å². The molecule has 128 valence electrons. The predicted octanol–water partition coefficient (Wildman–Crippen LogP) is 2.04. The summed E-state index contributed by atoms with van der Waals surface area (Å²) in [6.07, 6.45) is 0. The number of hydrogen-bond acceptors (Lipinski definition) is 5. The Morgan fingerprint density at radius 1 is 1.33 bits per heavy atom. The summed E-state index contributed by atoms with van der Waals surface area (Å²) in [6, 6.07) is 8.20. The van der Waals surface area contributed by atoms with Crippen LogP contribution in [0.5, 0.6) is 0 Å². The van der Waals surface area contributed by atoms with Crippen LogP contribution < -0.4 is 5.32 Å². The molecule has 1 unspecified atom stereocenters. The second-order valence-corrected chi connectivity index (χ2v) is 7.59. The quantitative estimate of drug-likeness (QED) is 0.859. The molecule has 6 heteroatoms. The Bertz CT molecular complexity index is 750. The summed E-state index contributed by atoms with van der Waals surface area (Å²) in [4.78, 5) is 15.9. The summed E-state index contributed by atoms with van der Waals surface area (Å²) in [5.74, 6) is 0.112. The number of nitrogens with zero attached hydrogens (tertiary/aromatic N) is 1. The second kappa shape index (κ2) is 6.44. The molecule has 2 fully saturated rings. The Balaban J connectivity index is 1.60. The van der Waals surface area contributed by atoms with E-state index < -0.39 is 5.60 Å². The minimum absolute atomic E-state index is 0.112. The predicted molar refractivity (Wildman–Crippen MR) is 94.8 cm³/mol. The molecule has 4 rings (SSSR count). The van der Waals surface area contributed by atoms with Crippen molar-refractivity contribution < 1.29 is 14.3 Å². The maximum absolute atomic E-state index is 13.1. The summed E-state index contributed by atoms with van der Waals surface area (Å²) >= 11 is 1.59. The number of rotatable bonds is 1. The van der Waals surface area contributed by atoms with Gasteiger partial charge in [0, 0.05) is 24.3 Å². The van der Waals surface area contributed by atoms with Crippen molar-refractivity contribution in [2.45, 2.75) is 12.5 Å². The topological polar surface area (TPSA) is 50.8 Å². The van der Waals surface area contributed by atoms with Crippen molar-refractivity contribution in [2.75, 3.05) is 46.0 Å². The number of carbonyl (C=O) groups excluding carboxylic acids is 1. The zero-order chi connectivity index (χ0) is 16.6. The van der Waals surface area contributed by atoms with Crippen LogP contribution in [0, 0.1) is 6.92 Å². The van der Waals surface area contributed by atoms with Gasteiger partial charge in [0.15, 0.2) is 0 Å². The fourth-order valence-electron chi connectivity index (χ4n) is 3.50. The van der Waals surface area contributed by atoms with Gasteiger partial charge in [-0.15, -0.1) is 11.3 Å². The number of carbonyl (C=O) groups is 1. The van der Waals surface area contributed by atoms with Crippen LogP contribution in [0.15, 0.2) is 24.3 Å². The van der Waals surface area contributed by atoms with Gasteiger partial charge < -0.3 is 19.7 Å². The smallest absolute Gasteiger partial charge is 0.264 e. The van der Waals surface area contributed by atoms with Crippen molar-refractivity contribution in [1.29, 1.82) is 0 Å². The van der Waals surface area contributed by atoms with Gasteiger partial charge in [0.05, 0.1) is 31.2 Å². The van der Waals surface area contributed by atoms with E-state index >= 15 is 0 Å². The number of ether oxygens (including phenoxy) is 2. The molecule has 24 heavy (non-hydrogen) atoms. The lowest BCUT2D eigenvalue weighted by molar-refractivity contribution is -0.125. The maximum Gasteiger partial charge on any atom is 0.264 e.